The fourth-order valence-electron chi connectivity index (χ4n) is 2.73. The lowest BCUT2D eigenvalue weighted by molar-refractivity contribution is -0.123. The number of hydrogen-bond donors (Lipinski definition) is 1. The molecule has 0 aliphatic rings. The Morgan fingerprint density at radius 3 is 2.32 bits per heavy atom. The molecule has 1 amide bonds. The number of hydrogen-bond acceptors (Lipinski definition) is 7. The highest BCUT2D eigenvalue weighted by molar-refractivity contribution is 5.92. The van der Waals surface area contributed by atoms with E-state index in [1.54, 1.807) is 56.5 Å². The van der Waals surface area contributed by atoms with Gasteiger partial charge in [-0.15, -0.1) is 0 Å². The number of carbonyl (C=O) groups is 2. The molecule has 0 fully saturated rings. The topological polar surface area (TPSA) is 95.5 Å². The minimum Gasteiger partial charge on any atom is -0.497 e. The van der Waals surface area contributed by atoms with Gasteiger partial charge in [0, 0.05) is 0 Å². The molecule has 0 bridgehead atoms. The van der Waals surface area contributed by atoms with Gasteiger partial charge in [0.05, 0.1) is 25.5 Å². The van der Waals surface area contributed by atoms with E-state index < -0.39 is 17.7 Å². The predicted molar refractivity (Wildman–Crippen MR) is 123 cm³/mol. The monoisotopic (exact) mass is 466 g/mol. The summed E-state index contributed by atoms with van der Waals surface area (Å²) in [5, 5.41) is 3.88. The Morgan fingerprint density at radius 2 is 1.65 bits per heavy atom. The molecule has 0 heterocycles. The van der Waals surface area contributed by atoms with Crippen LogP contribution in [0.2, 0.25) is 0 Å². The van der Waals surface area contributed by atoms with E-state index in [4.69, 9.17) is 18.9 Å². The summed E-state index contributed by atoms with van der Waals surface area (Å²) in [6.45, 7) is 1.87. The summed E-state index contributed by atoms with van der Waals surface area (Å²) >= 11 is 0. The number of benzene rings is 3. The van der Waals surface area contributed by atoms with Crippen molar-refractivity contribution in [1.29, 1.82) is 0 Å². The summed E-state index contributed by atoms with van der Waals surface area (Å²) < 4.78 is 34.3. The third kappa shape index (κ3) is 7.06. The zero-order valence-electron chi connectivity index (χ0n) is 18.6. The summed E-state index contributed by atoms with van der Waals surface area (Å²) in [5.41, 5.74) is 3.30. The van der Waals surface area contributed by atoms with Crippen LogP contribution in [0.15, 0.2) is 71.8 Å². The molecule has 0 aliphatic carbocycles. The SMILES string of the molecule is CCOc1cc(C=NNC(=O)COc2ccc(F)cc2)ccc1OC(=O)c1ccc(OC)cc1. The fraction of sp³-hybridized carbons (Fsp3) is 0.160. The molecule has 8 nitrogen and oxygen atoms in total. The van der Waals surface area contributed by atoms with E-state index in [1.165, 1.54) is 30.5 Å². The van der Waals surface area contributed by atoms with Crippen molar-refractivity contribution in [2.24, 2.45) is 5.10 Å². The van der Waals surface area contributed by atoms with Crippen molar-refractivity contribution >= 4 is 18.1 Å². The number of rotatable bonds is 10. The Kier molecular flexibility index (Phi) is 8.56. The molecule has 0 atom stereocenters. The molecule has 176 valence electrons. The average Bonchev–Trinajstić information content (AvgIpc) is 2.85. The van der Waals surface area contributed by atoms with E-state index in [0.717, 1.165) is 0 Å². The molecule has 3 aromatic rings. The van der Waals surface area contributed by atoms with Crippen molar-refractivity contribution in [3.05, 3.63) is 83.7 Å². The van der Waals surface area contributed by atoms with Crippen LogP contribution in [-0.4, -0.2) is 38.4 Å². The van der Waals surface area contributed by atoms with Crippen LogP contribution in [0.3, 0.4) is 0 Å². The van der Waals surface area contributed by atoms with Crippen molar-refractivity contribution in [3.63, 3.8) is 0 Å². The molecule has 0 saturated carbocycles. The minimum atomic E-state index is -0.543. The first-order valence-electron chi connectivity index (χ1n) is 10.3. The maximum atomic E-state index is 12.9. The molecule has 3 rings (SSSR count). The standard InChI is InChI=1S/C25H23FN2O6/c1-3-32-23-14-17(15-27-28-24(29)16-33-21-11-7-19(26)8-12-21)4-13-22(23)34-25(30)18-5-9-20(31-2)10-6-18/h4-15H,3,16H2,1-2H3,(H,28,29). The molecule has 0 spiro atoms. The zero-order valence-corrected chi connectivity index (χ0v) is 18.6. The molecule has 0 aromatic heterocycles. The third-order valence-electron chi connectivity index (χ3n) is 4.38. The van der Waals surface area contributed by atoms with Crippen molar-refractivity contribution < 1.29 is 32.9 Å². The average molecular weight is 466 g/mol. The summed E-state index contributed by atoms with van der Waals surface area (Å²) in [6, 6.07) is 16.7. The Labute approximate surface area is 195 Å². The molecule has 0 radical (unpaired) electrons. The summed E-state index contributed by atoms with van der Waals surface area (Å²) in [4.78, 5) is 24.3. The van der Waals surface area contributed by atoms with Crippen molar-refractivity contribution in [2.45, 2.75) is 6.92 Å². The largest absolute Gasteiger partial charge is 0.497 e. The van der Waals surface area contributed by atoms with E-state index in [0.29, 0.717) is 35.0 Å². The van der Waals surface area contributed by atoms with Crippen molar-refractivity contribution in [3.8, 4) is 23.0 Å². The summed E-state index contributed by atoms with van der Waals surface area (Å²) in [6.07, 6.45) is 1.41. The highest BCUT2D eigenvalue weighted by Crippen LogP contribution is 2.29. The van der Waals surface area contributed by atoms with Gasteiger partial charge < -0.3 is 18.9 Å². The van der Waals surface area contributed by atoms with Gasteiger partial charge in [0.2, 0.25) is 0 Å². The molecular formula is C25H23FN2O6. The molecule has 34 heavy (non-hydrogen) atoms. The Bertz CT molecular complexity index is 1150. The zero-order chi connectivity index (χ0) is 24.3. The van der Waals surface area contributed by atoms with E-state index in [1.807, 2.05) is 0 Å². The number of hydrazone groups is 1. The van der Waals surface area contributed by atoms with Gasteiger partial charge in [-0.25, -0.2) is 14.6 Å². The maximum absolute atomic E-state index is 12.9. The first-order chi connectivity index (χ1) is 16.5. The molecule has 1 N–H and O–H groups in total. The number of ether oxygens (including phenoxy) is 4. The second kappa shape index (κ2) is 12.0. The number of nitrogens with one attached hydrogen (secondary N) is 1. The van der Waals surface area contributed by atoms with Crippen LogP contribution >= 0.6 is 0 Å². The lowest BCUT2D eigenvalue weighted by Crippen LogP contribution is -2.24. The predicted octanol–water partition coefficient (Wildman–Crippen LogP) is 3.98. The number of carbonyl (C=O) groups excluding carboxylic acids is 2. The van der Waals surface area contributed by atoms with E-state index >= 15 is 0 Å². The fourth-order valence-corrected chi connectivity index (χ4v) is 2.73. The van der Waals surface area contributed by atoms with E-state index in [2.05, 4.69) is 10.5 Å². The number of amides is 1. The minimum absolute atomic E-state index is 0.247. The first-order valence-corrected chi connectivity index (χ1v) is 10.3. The number of halogens is 1. The van der Waals surface area contributed by atoms with Crippen LogP contribution in [0.25, 0.3) is 0 Å². The van der Waals surface area contributed by atoms with Gasteiger partial charge >= 0.3 is 5.97 Å². The smallest absolute Gasteiger partial charge is 0.343 e. The van der Waals surface area contributed by atoms with Gasteiger partial charge in [0.25, 0.3) is 5.91 Å². The Hall–Kier alpha value is -4.40. The Balaban J connectivity index is 1.58. The molecule has 0 saturated heterocycles. The number of esters is 1. The van der Waals surface area contributed by atoms with E-state index in [9.17, 15) is 14.0 Å². The van der Waals surface area contributed by atoms with Crippen LogP contribution in [0.4, 0.5) is 4.39 Å². The van der Waals surface area contributed by atoms with Crippen molar-refractivity contribution in [1.82, 2.24) is 5.43 Å². The third-order valence-corrected chi connectivity index (χ3v) is 4.38. The number of methoxy groups -OCH3 is 1. The molecular weight excluding hydrogens is 443 g/mol. The van der Waals surface area contributed by atoms with Gasteiger partial charge in [0.15, 0.2) is 18.1 Å². The highest BCUT2D eigenvalue weighted by Gasteiger charge is 2.13. The maximum Gasteiger partial charge on any atom is 0.343 e. The van der Waals surface area contributed by atoms with Crippen LogP contribution < -0.4 is 24.4 Å². The quantitative estimate of drug-likeness (QED) is 0.210. The first kappa shape index (κ1) is 24.2. The van der Waals surface area contributed by atoms with Crippen LogP contribution in [0.5, 0.6) is 23.0 Å². The van der Waals surface area contributed by atoms with Gasteiger partial charge in [0.1, 0.15) is 17.3 Å². The molecule has 0 unspecified atom stereocenters. The summed E-state index contributed by atoms with van der Waals surface area (Å²) in [5.74, 6) is 0.158. The number of nitrogens with zero attached hydrogens (tertiary/aromatic N) is 1. The molecule has 9 heteroatoms. The van der Waals surface area contributed by atoms with Crippen LogP contribution in [-0.2, 0) is 4.79 Å². The van der Waals surface area contributed by atoms with Gasteiger partial charge in [-0.1, -0.05) is 0 Å². The second-order valence-electron chi connectivity index (χ2n) is 6.79. The van der Waals surface area contributed by atoms with Crippen molar-refractivity contribution in [2.75, 3.05) is 20.3 Å². The normalized spacial score (nSPS) is 10.6. The van der Waals surface area contributed by atoms with Gasteiger partial charge in [-0.05, 0) is 79.2 Å². The molecule has 3 aromatic carbocycles. The van der Waals surface area contributed by atoms with Crippen LogP contribution in [0.1, 0.15) is 22.8 Å². The van der Waals surface area contributed by atoms with Gasteiger partial charge in [-0.3, -0.25) is 4.79 Å². The second-order valence-corrected chi connectivity index (χ2v) is 6.79. The van der Waals surface area contributed by atoms with Crippen LogP contribution in [0, 0.1) is 5.82 Å². The highest BCUT2D eigenvalue weighted by atomic mass is 19.1. The molecule has 0 aliphatic heterocycles. The van der Waals surface area contributed by atoms with Gasteiger partial charge in [-0.2, -0.15) is 5.10 Å². The Morgan fingerprint density at radius 1 is 0.941 bits per heavy atom. The lowest BCUT2D eigenvalue weighted by atomic mass is 10.2. The lowest BCUT2D eigenvalue weighted by Gasteiger charge is -2.11. The summed E-state index contributed by atoms with van der Waals surface area (Å²) in [7, 11) is 1.54. The van der Waals surface area contributed by atoms with E-state index in [-0.39, 0.29) is 12.4 Å².